The SMILES string of the molecule is CNC(c1ccc(F)c(Cl)c1)N1CCNCC1. The van der Waals surface area contributed by atoms with E-state index in [0.717, 1.165) is 31.7 Å². The molecule has 1 atom stereocenters. The molecule has 94 valence electrons. The molecule has 1 aromatic rings. The molecule has 0 radical (unpaired) electrons. The number of halogens is 2. The highest BCUT2D eigenvalue weighted by molar-refractivity contribution is 6.30. The van der Waals surface area contributed by atoms with Crippen molar-refractivity contribution in [3.63, 3.8) is 0 Å². The van der Waals surface area contributed by atoms with Gasteiger partial charge in [-0.05, 0) is 24.7 Å². The Kier molecular flexibility index (Phi) is 4.34. The van der Waals surface area contributed by atoms with E-state index in [9.17, 15) is 4.39 Å². The largest absolute Gasteiger partial charge is 0.314 e. The van der Waals surface area contributed by atoms with Crippen molar-refractivity contribution < 1.29 is 4.39 Å². The van der Waals surface area contributed by atoms with Crippen LogP contribution in [-0.4, -0.2) is 38.1 Å². The zero-order valence-corrected chi connectivity index (χ0v) is 10.6. The standard InChI is InChI=1S/C12H17ClFN3/c1-15-12(17-6-4-16-5-7-17)9-2-3-11(14)10(13)8-9/h2-3,8,12,15-16H,4-7H2,1H3. The van der Waals surface area contributed by atoms with Crippen molar-refractivity contribution in [1.82, 2.24) is 15.5 Å². The Labute approximate surface area is 106 Å². The Bertz CT molecular complexity index is 380. The van der Waals surface area contributed by atoms with Gasteiger partial charge in [0.1, 0.15) is 5.82 Å². The number of nitrogens with one attached hydrogen (secondary N) is 2. The van der Waals surface area contributed by atoms with E-state index in [-0.39, 0.29) is 17.0 Å². The first-order valence-corrected chi connectivity index (χ1v) is 6.17. The first-order valence-electron chi connectivity index (χ1n) is 5.79. The molecule has 0 amide bonds. The minimum Gasteiger partial charge on any atom is -0.314 e. The Morgan fingerprint density at radius 3 is 2.71 bits per heavy atom. The van der Waals surface area contributed by atoms with Crippen molar-refractivity contribution in [3.05, 3.63) is 34.6 Å². The fourth-order valence-corrected chi connectivity index (χ4v) is 2.37. The lowest BCUT2D eigenvalue weighted by Crippen LogP contribution is -2.48. The van der Waals surface area contributed by atoms with Gasteiger partial charge in [-0.1, -0.05) is 17.7 Å². The third-order valence-electron chi connectivity index (χ3n) is 3.05. The summed E-state index contributed by atoms with van der Waals surface area (Å²) < 4.78 is 13.1. The van der Waals surface area contributed by atoms with Gasteiger partial charge in [-0.25, -0.2) is 4.39 Å². The summed E-state index contributed by atoms with van der Waals surface area (Å²) in [5, 5.41) is 6.74. The maximum Gasteiger partial charge on any atom is 0.141 e. The highest BCUT2D eigenvalue weighted by Gasteiger charge is 2.21. The van der Waals surface area contributed by atoms with E-state index in [4.69, 9.17) is 11.6 Å². The van der Waals surface area contributed by atoms with Crippen LogP contribution in [0.15, 0.2) is 18.2 Å². The predicted molar refractivity (Wildman–Crippen MR) is 67.7 cm³/mol. The molecule has 0 aliphatic carbocycles. The minimum atomic E-state index is -0.370. The topological polar surface area (TPSA) is 27.3 Å². The molecule has 2 rings (SSSR count). The van der Waals surface area contributed by atoms with Crippen LogP contribution < -0.4 is 10.6 Å². The summed E-state index contributed by atoms with van der Waals surface area (Å²) in [6, 6.07) is 4.90. The molecule has 1 aliphatic rings. The fourth-order valence-electron chi connectivity index (χ4n) is 2.18. The third kappa shape index (κ3) is 2.96. The van der Waals surface area contributed by atoms with Gasteiger partial charge >= 0.3 is 0 Å². The van der Waals surface area contributed by atoms with Crippen LogP contribution in [0.4, 0.5) is 4.39 Å². The minimum absolute atomic E-state index is 0.0928. The van der Waals surface area contributed by atoms with Crippen molar-refractivity contribution in [2.24, 2.45) is 0 Å². The Hall–Kier alpha value is -0.680. The Morgan fingerprint density at radius 2 is 2.12 bits per heavy atom. The number of hydrogen-bond donors (Lipinski definition) is 2. The van der Waals surface area contributed by atoms with Crippen LogP contribution in [0.2, 0.25) is 5.02 Å². The van der Waals surface area contributed by atoms with Crippen molar-refractivity contribution in [3.8, 4) is 0 Å². The molecular formula is C12H17ClFN3. The van der Waals surface area contributed by atoms with E-state index in [1.807, 2.05) is 7.05 Å². The second-order valence-corrected chi connectivity index (χ2v) is 4.56. The van der Waals surface area contributed by atoms with Crippen LogP contribution in [0.25, 0.3) is 0 Å². The summed E-state index contributed by atoms with van der Waals surface area (Å²) in [5.74, 6) is -0.370. The zero-order valence-electron chi connectivity index (χ0n) is 9.84. The van der Waals surface area contributed by atoms with Gasteiger partial charge in [-0.2, -0.15) is 0 Å². The average Bonchev–Trinajstić information content (AvgIpc) is 2.36. The molecule has 0 saturated carbocycles. The van der Waals surface area contributed by atoms with E-state index in [0.29, 0.717) is 0 Å². The van der Waals surface area contributed by atoms with E-state index in [1.54, 1.807) is 12.1 Å². The lowest BCUT2D eigenvalue weighted by atomic mass is 10.1. The first kappa shape index (κ1) is 12.8. The molecule has 17 heavy (non-hydrogen) atoms. The molecule has 3 nitrogen and oxygen atoms in total. The van der Waals surface area contributed by atoms with Crippen LogP contribution in [-0.2, 0) is 0 Å². The Morgan fingerprint density at radius 1 is 1.41 bits per heavy atom. The van der Waals surface area contributed by atoms with E-state index < -0.39 is 0 Å². The molecule has 5 heteroatoms. The molecule has 1 aliphatic heterocycles. The summed E-state index contributed by atoms with van der Waals surface area (Å²) in [5.41, 5.74) is 1.00. The van der Waals surface area contributed by atoms with Gasteiger partial charge in [0.05, 0.1) is 11.2 Å². The number of nitrogens with zero attached hydrogens (tertiary/aromatic N) is 1. The zero-order chi connectivity index (χ0) is 12.3. The molecule has 0 aromatic heterocycles. The van der Waals surface area contributed by atoms with Crippen molar-refractivity contribution in [2.45, 2.75) is 6.17 Å². The molecule has 1 saturated heterocycles. The van der Waals surface area contributed by atoms with E-state index >= 15 is 0 Å². The summed E-state index contributed by atoms with van der Waals surface area (Å²) in [7, 11) is 1.91. The van der Waals surface area contributed by atoms with Gasteiger partial charge in [0, 0.05) is 26.2 Å². The van der Waals surface area contributed by atoms with Crippen LogP contribution in [0, 0.1) is 5.82 Å². The van der Waals surface area contributed by atoms with Crippen molar-refractivity contribution in [2.75, 3.05) is 33.2 Å². The highest BCUT2D eigenvalue weighted by atomic mass is 35.5. The van der Waals surface area contributed by atoms with Crippen LogP contribution in [0.3, 0.4) is 0 Å². The maximum atomic E-state index is 13.1. The summed E-state index contributed by atoms with van der Waals surface area (Å²) in [6.07, 6.45) is 0.0928. The highest BCUT2D eigenvalue weighted by Crippen LogP contribution is 2.23. The first-order chi connectivity index (χ1) is 8.22. The lowest BCUT2D eigenvalue weighted by Gasteiger charge is -2.35. The van der Waals surface area contributed by atoms with Gasteiger partial charge < -0.3 is 10.6 Å². The fraction of sp³-hybridized carbons (Fsp3) is 0.500. The van der Waals surface area contributed by atoms with Gasteiger partial charge in [0.2, 0.25) is 0 Å². The van der Waals surface area contributed by atoms with E-state index in [2.05, 4.69) is 15.5 Å². The van der Waals surface area contributed by atoms with Crippen LogP contribution >= 0.6 is 11.6 Å². The predicted octanol–water partition coefficient (Wildman–Crippen LogP) is 1.60. The van der Waals surface area contributed by atoms with Gasteiger partial charge in [0.15, 0.2) is 0 Å². The van der Waals surface area contributed by atoms with Crippen LogP contribution in [0.1, 0.15) is 11.7 Å². The second-order valence-electron chi connectivity index (χ2n) is 4.15. The number of hydrogen-bond acceptors (Lipinski definition) is 3. The van der Waals surface area contributed by atoms with E-state index in [1.165, 1.54) is 6.07 Å². The maximum absolute atomic E-state index is 13.1. The van der Waals surface area contributed by atoms with Gasteiger partial charge in [-0.15, -0.1) is 0 Å². The normalized spacial score (nSPS) is 19.2. The molecule has 0 spiro atoms. The second kappa shape index (κ2) is 5.78. The summed E-state index contributed by atoms with van der Waals surface area (Å²) in [4.78, 5) is 2.32. The summed E-state index contributed by atoms with van der Waals surface area (Å²) >= 11 is 5.82. The van der Waals surface area contributed by atoms with Gasteiger partial charge in [0.25, 0.3) is 0 Å². The number of benzene rings is 1. The molecule has 1 fully saturated rings. The summed E-state index contributed by atoms with van der Waals surface area (Å²) in [6.45, 7) is 3.90. The smallest absolute Gasteiger partial charge is 0.141 e. The monoisotopic (exact) mass is 257 g/mol. The van der Waals surface area contributed by atoms with Crippen molar-refractivity contribution in [1.29, 1.82) is 0 Å². The molecule has 0 bridgehead atoms. The third-order valence-corrected chi connectivity index (χ3v) is 3.34. The molecule has 1 unspecified atom stereocenters. The molecule has 2 N–H and O–H groups in total. The quantitative estimate of drug-likeness (QED) is 0.862. The number of rotatable bonds is 3. The lowest BCUT2D eigenvalue weighted by molar-refractivity contribution is 0.153. The van der Waals surface area contributed by atoms with Crippen LogP contribution in [0.5, 0.6) is 0 Å². The van der Waals surface area contributed by atoms with Crippen molar-refractivity contribution >= 4 is 11.6 Å². The average molecular weight is 258 g/mol. The molecule has 1 aromatic carbocycles. The van der Waals surface area contributed by atoms with Gasteiger partial charge in [-0.3, -0.25) is 4.90 Å². The Balaban J connectivity index is 2.18. The number of piperazine rings is 1. The molecule has 1 heterocycles. The molecular weight excluding hydrogens is 241 g/mol.